The lowest BCUT2D eigenvalue weighted by Crippen LogP contribution is -2.37. The van der Waals surface area contributed by atoms with Gasteiger partial charge in [-0.05, 0) is 11.6 Å². The van der Waals surface area contributed by atoms with Gasteiger partial charge < -0.3 is 15.0 Å². The first-order chi connectivity index (χ1) is 13.7. The van der Waals surface area contributed by atoms with Crippen LogP contribution in [0.2, 0.25) is 0 Å². The molecule has 0 saturated carbocycles. The highest BCUT2D eigenvalue weighted by atomic mass is 32.1. The van der Waals surface area contributed by atoms with Crippen LogP contribution in [0.25, 0.3) is 10.6 Å². The summed E-state index contributed by atoms with van der Waals surface area (Å²) in [6.45, 7) is 2.56. The topological polar surface area (TPSA) is 67.4 Å². The van der Waals surface area contributed by atoms with Gasteiger partial charge in [0.05, 0.1) is 13.2 Å². The molecule has 3 heterocycles. The first-order valence-corrected chi connectivity index (χ1v) is 9.85. The lowest BCUT2D eigenvalue weighted by molar-refractivity contribution is 0.0946. The van der Waals surface area contributed by atoms with E-state index < -0.39 is 5.82 Å². The zero-order valence-electron chi connectivity index (χ0n) is 15.1. The van der Waals surface area contributed by atoms with Gasteiger partial charge in [-0.25, -0.2) is 14.4 Å². The van der Waals surface area contributed by atoms with Gasteiger partial charge in [0.25, 0.3) is 5.91 Å². The number of amides is 1. The Labute approximate surface area is 166 Å². The molecule has 1 aliphatic rings. The average molecular weight is 398 g/mol. The molecule has 144 valence electrons. The van der Waals surface area contributed by atoms with Crippen molar-refractivity contribution in [2.75, 3.05) is 31.2 Å². The van der Waals surface area contributed by atoms with Gasteiger partial charge in [0.2, 0.25) is 0 Å². The summed E-state index contributed by atoms with van der Waals surface area (Å²) in [5.74, 6) is -0.366. The number of carbonyl (C=O) groups is 1. The molecule has 1 fully saturated rings. The molecule has 0 aliphatic carbocycles. The minimum Gasteiger partial charge on any atom is -0.378 e. The zero-order valence-corrected chi connectivity index (χ0v) is 15.9. The van der Waals surface area contributed by atoms with Gasteiger partial charge in [0.15, 0.2) is 11.6 Å². The van der Waals surface area contributed by atoms with Crippen molar-refractivity contribution in [3.8, 4) is 10.6 Å². The molecule has 3 aromatic rings. The third-order valence-corrected chi connectivity index (χ3v) is 5.29. The van der Waals surface area contributed by atoms with Crippen LogP contribution in [0.3, 0.4) is 0 Å². The average Bonchev–Trinajstić information content (AvgIpc) is 3.24. The number of thiazole rings is 1. The minimum absolute atomic E-state index is 0.185. The van der Waals surface area contributed by atoms with Crippen LogP contribution in [0.1, 0.15) is 16.1 Å². The van der Waals surface area contributed by atoms with Crippen molar-refractivity contribution in [2.24, 2.45) is 0 Å². The molecule has 0 spiro atoms. The number of aromatic nitrogens is 2. The van der Waals surface area contributed by atoms with E-state index in [1.54, 1.807) is 11.6 Å². The second-order valence-electron chi connectivity index (χ2n) is 6.34. The number of pyridine rings is 1. The number of nitrogens with one attached hydrogen (secondary N) is 1. The molecule has 8 heteroatoms. The molecule has 4 rings (SSSR count). The predicted octanol–water partition coefficient (Wildman–Crippen LogP) is 3.11. The molecule has 1 amide bonds. The van der Waals surface area contributed by atoms with E-state index in [-0.39, 0.29) is 12.5 Å². The smallest absolute Gasteiger partial charge is 0.271 e. The van der Waals surface area contributed by atoms with Crippen LogP contribution in [0.4, 0.5) is 10.2 Å². The standard InChI is InChI=1S/C20H19FN4O2S/c21-16-10-14(11-22-18(16)25-6-8-27-9-7-25)12-23-19(26)17-13-28-20(24-17)15-4-2-1-3-5-15/h1-5,10-11,13H,6-9,12H2,(H,23,26). The molecule has 28 heavy (non-hydrogen) atoms. The second kappa shape index (κ2) is 8.45. The van der Waals surface area contributed by atoms with Crippen molar-refractivity contribution in [1.82, 2.24) is 15.3 Å². The summed E-state index contributed by atoms with van der Waals surface area (Å²) in [7, 11) is 0. The fraction of sp³-hybridized carbons (Fsp3) is 0.250. The number of carbonyl (C=O) groups excluding carboxylic acids is 1. The summed E-state index contributed by atoms with van der Waals surface area (Å²) >= 11 is 1.41. The minimum atomic E-state index is -0.395. The lowest BCUT2D eigenvalue weighted by Gasteiger charge is -2.28. The molecule has 0 bridgehead atoms. The molecule has 0 radical (unpaired) electrons. The van der Waals surface area contributed by atoms with E-state index >= 15 is 0 Å². The van der Waals surface area contributed by atoms with Crippen molar-refractivity contribution in [3.05, 3.63) is 65.0 Å². The quantitative estimate of drug-likeness (QED) is 0.715. The van der Waals surface area contributed by atoms with Crippen molar-refractivity contribution in [2.45, 2.75) is 6.54 Å². The van der Waals surface area contributed by atoms with Gasteiger partial charge in [-0.3, -0.25) is 4.79 Å². The largest absolute Gasteiger partial charge is 0.378 e. The Morgan fingerprint density at radius 1 is 1.25 bits per heavy atom. The summed E-state index contributed by atoms with van der Waals surface area (Å²) in [5.41, 5.74) is 1.92. The number of hydrogen-bond donors (Lipinski definition) is 1. The van der Waals surface area contributed by atoms with Gasteiger partial charge in [-0.1, -0.05) is 30.3 Å². The van der Waals surface area contributed by atoms with Gasteiger partial charge in [-0.2, -0.15) is 0 Å². The summed E-state index contributed by atoms with van der Waals surface area (Å²) in [6, 6.07) is 11.1. The van der Waals surface area contributed by atoms with E-state index in [0.717, 1.165) is 10.6 Å². The molecule has 1 N–H and O–H groups in total. The highest BCUT2D eigenvalue weighted by Crippen LogP contribution is 2.23. The highest BCUT2D eigenvalue weighted by Gasteiger charge is 2.17. The number of ether oxygens (including phenoxy) is 1. The fourth-order valence-corrected chi connectivity index (χ4v) is 3.75. The van der Waals surface area contributed by atoms with Crippen LogP contribution < -0.4 is 10.2 Å². The van der Waals surface area contributed by atoms with Crippen LogP contribution in [0.15, 0.2) is 48.0 Å². The zero-order chi connectivity index (χ0) is 19.3. The van der Waals surface area contributed by atoms with E-state index in [1.807, 2.05) is 35.2 Å². The molecular weight excluding hydrogens is 379 g/mol. The number of morpholine rings is 1. The number of rotatable bonds is 5. The van der Waals surface area contributed by atoms with Crippen LogP contribution in [-0.4, -0.2) is 42.2 Å². The van der Waals surface area contributed by atoms with E-state index in [1.165, 1.54) is 17.4 Å². The third-order valence-electron chi connectivity index (χ3n) is 4.40. The van der Waals surface area contributed by atoms with Crippen molar-refractivity contribution < 1.29 is 13.9 Å². The van der Waals surface area contributed by atoms with E-state index in [9.17, 15) is 9.18 Å². The fourth-order valence-electron chi connectivity index (χ4n) is 2.94. The van der Waals surface area contributed by atoms with Crippen LogP contribution >= 0.6 is 11.3 Å². The normalized spacial score (nSPS) is 14.1. The third kappa shape index (κ3) is 4.18. The number of hydrogen-bond acceptors (Lipinski definition) is 6. The molecule has 0 unspecified atom stereocenters. The Bertz CT molecular complexity index is 958. The van der Waals surface area contributed by atoms with Gasteiger partial charge in [-0.15, -0.1) is 11.3 Å². The maximum atomic E-state index is 14.4. The van der Waals surface area contributed by atoms with Crippen molar-refractivity contribution >= 4 is 23.1 Å². The number of benzene rings is 1. The first-order valence-electron chi connectivity index (χ1n) is 8.97. The van der Waals surface area contributed by atoms with Crippen LogP contribution in [0, 0.1) is 5.82 Å². The molecular formula is C20H19FN4O2S. The van der Waals surface area contributed by atoms with Crippen molar-refractivity contribution in [3.63, 3.8) is 0 Å². The van der Waals surface area contributed by atoms with E-state index in [4.69, 9.17) is 4.74 Å². The van der Waals surface area contributed by atoms with E-state index in [2.05, 4.69) is 15.3 Å². The molecule has 2 aromatic heterocycles. The molecule has 6 nitrogen and oxygen atoms in total. The number of anilines is 1. The lowest BCUT2D eigenvalue weighted by atomic mass is 10.2. The molecule has 1 saturated heterocycles. The summed E-state index contributed by atoms with van der Waals surface area (Å²) in [4.78, 5) is 22.8. The molecule has 0 atom stereocenters. The maximum Gasteiger partial charge on any atom is 0.271 e. The first kappa shape index (κ1) is 18.5. The van der Waals surface area contributed by atoms with E-state index in [0.29, 0.717) is 43.4 Å². The second-order valence-corrected chi connectivity index (χ2v) is 7.19. The predicted molar refractivity (Wildman–Crippen MR) is 106 cm³/mol. The monoisotopic (exact) mass is 398 g/mol. The SMILES string of the molecule is O=C(NCc1cnc(N2CCOCC2)c(F)c1)c1csc(-c2ccccc2)n1. The summed E-state index contributed by atoms with van der Waals surface area (Å²) < 4.78 is 19.7. The molecule has 1 aromatic carbocycles. The summed E-state index contributed by atoms with van der Waals surface area (Å²) in [5, 5.41) is 5.28. The van der Waals surface area contributed by atoms with Crippen molar-refractivity contribution in [1.29, 1.82) is 0 Å². The number of halogens is 1. The van der Waals surface area contributed by atoms with Crippen LogP contribution in [0.5, 0.6) is 0 Å². The van der Waals surface area contributed by atoms with Gasteiger partial charge >= 0.3 is 0 Å². The number of nitrogens with zero attached hydrogens (tertiary/aromatic N) is 3. The Kier molecular flexibility index (Phi) is 5.59. The highest BCUT2D eigenvalue weighted by molar-refractivity contribution is 7.13. The Morgan fingerprint density at radius 2 is 2.04 bits per heavy atom. The van der Waals surface area contributed by atoms with Gasteiger partial charge in [0, 0.05) is 36.8 Å². The Morgan fingerprint density at radius 3 is 2.79 bits per heavy atom. The summed E-state index contributed by atoms with van der Waals surface area (Å²) in [6.07, 6.45) is 1.59. The maximum absolute atomic E-state index is 14.4. The Hall–Kier alpha value is -2.84. The van der Waals surface area contributed by atoms with Gasteiger partial charge in [0.1, 0.15) is 10.7 Å². The Balaban J connectivity index is 1.38. The molecule has 1 aliphatic heterocycles. The van der Waals surface area contributed by atoms with Crippen LogP contribution in [-0.2, 0) is 11.3 Å².